The first-order chi connectivity index (χ1) is 9.66. The number of aromatic nitrogens is 1. The number of aliphatic hydroxyl groups excluding tert-OH is 1. The summed E-state index contributed by atoms with van der Waals surface area (Å²) in [6.45, 7) is 0. The van der Waals surface area contributed by atoms with Crippen LogP contribution in [-0.2, 0) is 0 Å². The average Bonchev–Trinajstić information content (AvgIpc) is 2.87. The lowest BCUT2D eigenvalue weighted by molar-refractivity contribution is 0.0718. The summed E-state index contributed by atoms with van der Waals surface area (Å²) in [7, 11) is 0. The smallest absolute Gasteiger partial charge is 0.253 e. The van der Waals surface area contributed by atoms with E-state index < -0.39 is 11.9 Å². The van der Waals surface area contributed by atoms with E-state index in [1.165, 1.54) is 12.3 Å². The molecule has 0 radical (unpaired) electrons. The predicted molar refractivity (Wildman–Crippen MR) is 74.0 cm³/mol. The van der Waals surface area contributed by atoms with Gasteiger partial charge >= 0.3 is 0 Å². The van der Waals surface area contributed by atoms with E-state index in [0.717, 1.165) is 19.3 Å². The number of H-pyrrole nitrogens is 1. The van der Waals surface area contributed by atoms with Crippen molar-refractivity contribution in [3.05, 3.63) is 35.8 Å². The molecule has 0 saturated heterocycles. The summed E-state index contributed by atoms with van der Waals surface area (Å²) in [5, 5.41) is 13.0. The second-order valence-corrected chi connectivity index (χ2v) is 5.30. The molecular weight excluding hydrogens is 259 g/mol. The minimum absolute atomic E-state index is 0.243. The molecule has 0 bridgehead atoms. The number of hydrogen-bond acceptors (Lipinski definition) is 2. The van der Waals surface area contributed by atoms with Crippen LogP contribution in [0.5, 0.6) is 0 Å². The van der Waals surface area contributed by atoms with E-state index in [-0.39, 0.29) is 17.5 Å². The fourth-order valence-corrected chi connectivity index (χ4v) is 2.85. The summed E-state index contributed by atoms with van der Waals surface area (Å²) < 4.78 is 13.8. The zero-order chi connectivity index (χ0) is 14.1. The van der Waals surface area contributed by atoms with E-state index in [1.54, 1.807) is 12.1 Å². The molecule has 1 heterocycles. The molecule has 2 atom stereocenters. The third-order valence-electron chi connectivity index (χ3n) is 3.95. The van der Waals surface area contributed by atoms with Crippen LogP contribution in [0.4, 0.5) is 4.39 Å². The van der Waals surface area contributed by atoms with Crippen molar-refractivity contribution in [2.75, 3.05) is 0 Å². The van der Waals surface area contributed by atoms with Gasteiger partial charge in [-0.25, -0.2) is 4.39 Å². The van der Waals surface area contributed by atoms with Crippen LogP contribution >= 0.6 is 0 Å². The molecule has 1 aliphatic rings. The fraction of sp³-hybridized carbons (Fsp3) is 0.400. The molecule has 2 unspecified atom stereocenters. The Balaban J connectivity index is 1.85. The molecule has 2 aromatic rings. The summed E-state index contributed by atoms with van der Waals surface area (Å²) in [5.74, 6) is -0.759. The van der Waals surface area contributed by atoms with Gasteiger partial charge in [-0.1, -0.05) is 18.9 Å². The van der Waals surface area contributed by atoms with Gasteiger partial charge in [0.25, 0.3) is 5.91 Å². The minimum Gasteiger partial charge on any atom is -0.391 e. The van der Waals surface area contributed by atoms with Crippen molar-refractivity contribution < 1.29 is 14.3 Å². The molecule has 3 rings (SSSR count). The topological polar surface area (TPSA) is 65.1 Å². The second kappa shape index (κ2) is 5.25. The van der Waals surface area contributed by atoms with Crippen molar-refractivity contribution in [1.29, 1.82) is 0 Å². The number of aromatic amines is 1. The molecule has 106 valence electrons. The standard InChI is InChI=1S/C15H17FN2O2/c16-10-4-3-6-12-14(10)9(8-17-12)15(20)18-11-5-1-2-7-13(11)19/h3-4,6,8,11,13,17,19H,1-2,5,7H2,(H,18,20). The molecule has 1 aromatic carbocycles. The van der Waals surface area contributed by atoms with Gasteiger partial charge in [0, 0.05) is 17.1 Å². The van der Waals surface area contributed by atoms with Crippen LogP contribution in [0, 0.1) is 5.82 Å². The van der Waals surface area contributed by atoms with Gasteiger partial charge in [-0.2, -0.15) is 0 Å². The highest BCUT2D eigenvalue weighted by atomic mass is 19.1. The van der Waals surface area contributed by atoms with Crippen LogP contribution < -0.4 is 5.32 Å². The quantitative estimate of drug-likeness (QED) is 0.788. The summed E-state index contributed by atoms with van der Waals surface area (Å²) in [6, 6.07) is 4.42. The molecule has 4 nitrogen and oxygen atoms in total. The van der Waals surface area contributed by atoms with Crippen LogP contribution in [0.2, 0.25) is 0 Å². The third kappa shape index (κ3) is 2.29. The maximum Gasteiger partial charge on any atom is 0.253 e. The number of carbonyl (C=O) groups is 1. The van der Waals surface area contributed by atoms with Crippen molar-refractivity contribution in [3.63, 3.8) is 0 Å². The number of halogens is 1. The molecule has 0 spiro atoms. The Morgan fingerprint density at radius 3 is 2.95 bits per heavy atom. The van der Waals surface area contributed by atoms with Crippen molar-refractivity contribution in [2.45, 2.75) is 37.8 Å². The van der Waals surface area contributed by atoms with E-state index in [9.17, 15) is 14.3 Å². The van der Waals surface area contributed by atoms with E-state index in [0.29, 0.717) is 17.3 Å². The Hall–Kier alpha value is -1.88. The number of carbonyl (C=O) groups excluding carboxylic acids is 1. The Kier molecular flexibility index (Phi) is 3.44. The summed E-state index contributed by atoms with van der Waals surface area (Å²) in [6.07, 6.45) is 4.44. The molecule has 1 aliphatic carbocycles. The molecule has 1 aromatic heterocycles. The number of hydrogen-bond donors (Lipinski definition) is 3. The van der Waals surface area contributed by atoms with E-state index in [2.05, 4.69) is 10.3 Å². The lowest BCUT2D eigenvalue weighted by Crippen LogP contribution is -2.45. The molecular formula is C15H17FN2O2. The normalized spacial score (nSPS) is 22.9. The third-order valence-corrected chi connectivity index (χ3v) is 3.95. The van der Waals surface area contributed by atoms with Gasteiger partial charge < -0.3 is 15.4 Å². The number of aliphatic hydroxyl groups is 1. The number of amides is 1. The van der Waals surface area contributed by atoms with Gasteiger partial charge in [0.15, 0.2) is 0 Å². The van der Waals surface area contributed by atoms with Gasteiger partial charge in [0.05, 0.1) is 17.7 Å². The molecule has 0 aliphatic heterocycles. The number of rotatable bonds is 2. The highest BCUT2D eigenvalue weighted by Gasteiger charge is 2.26. The largest absolute Gasteiger partial charge is 0.391 e. The zero-order valence-electron chi connectivity index (χ0n) is 11.0. The Morgan fingerprint density at radius 1 is 1.35 bits per heavy atom. The summed E-state index contributed by atoms with van der Waals surface area (Å²) in [5.41, 5.74) is 0.884. The van der Waals surface area contributed by atoms with Crippen molar-refractivity contribution in [3.8, 4) is 0 Å². The lowest BCUT2D eigenvalue weighted by Gasteiger charge is -2.28. The molecule has 1 fully saturated rings. The highest BCUT2D eigenvalue weighted by Crippen LogP contribution is 2.23. The van der Waals surface area contributed by atoms with Crippen LogP contribution in [0.1, 0.15) is 36.0 Å². The second-order valence-electron chi connectivity index (χ2n) is 5.30. The van der Waals surface area contributed by atoms with Crippen molar-refractivity contribution >= 4 is 16.8 Å². The Morgan fingerprint density at radius 2 is 2.15 bits per heavy atom. The maximum atomic E-state index is 13.8. The SMILES string of the molecule is O=C(NC1CCCCC1O)c1c[nH]c2cccc(F)c12. The van der Waals surface area contributed by atoms with Gasteiger partial charge in [-0.3, -0.25) is 4.79 Å². The van der Waals surface area contributed by atoms with E-state index in [1.807, 2.05) is 0 Å². The Labute approximate surface area is 116 Å². The monoisotopic (exact) mass is 276 g/mol. The number of nitrogens with one attached hydrogen (secondary N) is 2. The first kappa shape index (κ1) is 13.1. The van der Waals surface area contributed by atoms with Gasteiger partial charge in [-0.15, -0.1) is 0 Å². The fourth-order valence-electron chi connectivity index (χ4n) is 2.85. The van der Waals surface area contributed by atoms with Crippen LogP contribution in [0.25, 0.3) is 10.9 Å². The van der Waals surface area contributed by atoms with Gasteiger partial charge in [-0.05, 0) is 25.0 Å². The number of benzene rings is 1. The maximum absolute atomic E-state index is 13.8. The zero-order valence-corrected chi connectivity index (χ0v) is 11.0. The van der Waals surface area contributed by atoms with Crippen molar-refractivity contribution in [1.82, 2.24) is 10.3 Å². The van der Waals surface area contributed by atoms with Crippen molar-refractivity contribution in [2.24, 2.45) is 0 Å². The lowest BCUT2D eigenvalue weighted by atomic mass is 9.92. The molecule has 1 saturated carbocycles. The molecule has 3 N–H and O–H groups in total. The Bertz CT molecular complexity index is 638. The van der Waals surface area contributed by atoms with Crippen LogP contribution in [0.15, 0.2) is 24.4 Å². The highest BCUT2D eigenvalue weighted by molar-refractivity contribution is 6.07. The molecule has 1 amide bonds. The van der Waals surface area contributed by atoms with Crippen LogP contribution in [0.3, 0.4) is 0 Å². The first-order valence-corrected chi connectivity index (χ1v) is 6.91. The van der Waals surface area contributed by atoms with E-state index in [4.69, 9.17) is 0 Å². The average molecular weight is 276 g/mol. The summed E-state index contributed by atoms with van der Waals surface area (Å²) in [4.78, 5) is 15.2. The first-order valence-electron chi connectivity index (χ1n) is 6.91. The summed E-state index contributed by atoms with van der Waals surface area (Å²) >= 11 is 0. The minimum atomic E-state index is -0.511. The van der Waals surface area contributed by atoms with Crippen LogP contribution in [-0.4, -0.2) is 28.1 Å². The van der Waals surface area contributed by atoms with E-state index >= 15 is 0 Å². The molecule has 5 heteroatoms. The predicted octanol–water partition coefficient (Wildman–Crippen LogP) is 2.34. The molecule has 20 heavy (non-hydrogen) atoms. The van der Waals surface area contributed by atoms with Gasteiger partial charge in [0.1, 0.15) is 5.82 Å². The van der Waals surface area contributed by atoms with Gasteiger partial charge in [0.2, 0.25) is 0 Å². The number of fused-ring (bicyclic) bond motifs is 1.